The second kappa shape index (κ2) is 8.29. The van der Waals surface area contributed by atoms with Gasteiger partial charge in [0.1, 0.15) is 0 Å². The molecule has 0 bridgehead atoms. The van der Waals surface area contributed by atoms with Gasteiger partial charge in [0.15, 0.2) is 0 Å². The van der Waals surface area contributed by atoms with E-state index in [2.05, 4.69) is 36.5 Å². The van der Waals surface area contributed by atoms with Crippen LogP contribution in [0.3, 0.4) is 0 Å². The van der Waals surface area contributed by atoms with Gasteiger partial charge in [-0.15, -0.1) is 0 Å². The summed E-state index contributed by atoms with van der Waals surface area (Å²) in [4.78, 5) is 18.2. The summed E-state index contributed by atoms with van der Waals surface area (Å²) in [5.41, 5.74) is 1.37. The van der Waals surface area contributed by atoms with Gasteiger partial charge in [-0.3, -0.25) is 0 Å². The van der Waals surface area contributed by atoms with E-state index in [4.69, 9.17) is 19.8 Å². The van der Waals surface area contributed by atoms with Crippen molar-refractivity contribution in [3.05, 3.63) is 35.9 Å². The van der Waals surface area contributed by atoms with Crippen LogP contribution >= 0.6 is 0 Å². The Morgan fingerprint density at radius 1 is 1.18 bits per heavy atom. The fourth-order valence-electron chi connectivity index (χ4n) is 1.29. The zero-order valence-corrected chi connectivity index (χ0v) is 9.88. The summed E-state index contributed by atoms with van der Waals surface area (Å²) in [5.74, 6) is -3.65. The van der Waals surface area contributed by atoms with Crippen LogP contribution in [-0.2, 0) is 9.59 Å². The Labute approximate surface area is 100 Å². The zero-order chi connectivity index (χ0) is 13.3. The van der Waals surface area contributed by atoms with Crippen molar-refractivity contribution >= 4 is 11.9 Å². The molecule has 3 N–H and O–H groups in total. The van der Waals surface area contributed by atoms with Gasteiger partial charge >= 0.3 is 11.9 Å². The monoisotopic (exact) mass is 239 g/mol. The van der Waals surface area contributed by atoms with Crippen molar-refractivity contribution < 1.29 is 19.8 Å². The molecule has 5 heteroatoms. The van der Waals surface area contributed by atoms with Crippen LogP contribution in [0.5, 0.6) is 0 Å². The maximum absolute atomic E-state index is 9.10. The second-order valence-corrected chi connectivity index (χ2v) is 3.27. The Morgan fingerprint density at radius 3 is 1.94 bits per heavy atom. The van der Waals surface area contributed by atoms with Crippen molar-refractivity contribution in [1.29, 1.82) is 0 Å². The number of aliphatic carboxylic acids is 2. The maximum Gasteiger partial charge on any atom is 0.414 e. The van der Waals surface area contributed by atoms with Crippen molar-refractivity contribution in [2.45, 2.75) is 19.4 Å². The second-order valence-electron chi connectivity index (χ2n) is 3.27. The van der Waals surface area contributed by atoms with Crippen molar-refractivity contribution in [2.75, 3.05) is 7.05 Å². The molecule has 0 saturated carbocycles. The van der Waals surface area contributed by atoms with Gasteiger partial charge in [0, 0.05) is 6.04 Å². The minimum Gasteiger partial charge on any atom is -0.473 e. The number of carboxylic acid groups (broad SMARTS) is 2. The van der Waals surface area contributed by atoms with Crippen LogP contribution in [-0.4, -0.2) is 29.2 Å². The number of carbonyl (C=O) groups is 2. The summed E-state index contributed by atoms with van der Waals surface area (Å²) in [7, 11) is 2.00. The fraction of sp³-hybridized carbons (Fsp3) is 0.333. The molecule has 0 aliphatic rings. The van der Waals surface area contributed by atoms with Crippen molar-refractivity contribution in [2.24, 2.45) is 0 Å². The molecule has 0 aliphatic carbocycles. The van der Waals surface area contributed by atoms with Gasteiger partial charge in [0.25, 0.3) is 0 Å². The molecular weight excluding hydrogens is 222 g/mol. The molecule has 1 rings (SSSR count). The van der Waals surface area contributed by atoms with Crippen LogP contribution in [0.15, 0.2) is 30.3 Å². The molecule has 1 aromatic rings. The fourth-order valence-corrected chi connectivity index (χ4v) is 1.29. The third-order valence-electron chi connectivity index (χ3n) is 2.14. The molecule has 0 aromatic heterocycles. The Balaban J connectivity index is 0.000000366. The van der Waals surface area contributed by atoms with Gasteiger partial charge in [-0.05, 0) is 19.0 Å². The number of rotatable bonds is 3. The number of carboxylic acids is 2. The molecule has 0 saturated heterocycles. The van der Waals surface area contributed by atoms with E-state index in [0.717, 1.165) is 6.42 Å². The summed E-state index contributed by atoms with van der Waals surface area (Å²) in [6.45, 7) is 2.19. The molecular formula is C12H17NO4. The predicted octanol–water partition coefficient (Wildman–Crippen LogP) is 1.51. The van der Waals surface area contributed by atoms with E-state index in [-0.39, 0.29) is 0 Å². The van der Waals surface area contributed by atoms with E-state index in [1.165, 1.54) is 5.56 Å². The molecule has 0 spiro atoms. The molecule has 94 valence electrons. The lowest BCUT2D eigenvalue weighted by molar-refractivity contribution is -0.159. The van der Waals surface area contributed by atoms with E-state index in [1.807, 2.05) is 13.1 Å². The molecule has 0 aliphatic heterocycles. The lowest BCUT2D eigenvalue weighted by atomic mass is 10.1. The summed E-state index contributed by atoms with van der Waals surface area (Å²) >= 11 is 0. The van der Waals surface area contributed by atoms with Gasteiger partial charge in [-0.25, -0.2) is 9.59 Å². The van der Waals surface area contributed by atoms with E-state index in [1.54, 1.807) is 0 Å². The number of benzene rings is 1. The van der Waals surface area contributed by atoms with E-state index in [0.29, 0.717) is 6.04 Å². The van der Waals surface area contributed by atoms with Crippen LogP contribution in [0.1, 0.15) is 24.9 Å². The largest absolute Gasteiger partial charge is 0.473 e. The Hall–Kier alpha value is -1.88. The van der Waals surface area contributed by atoms with Crippen LogP contribution in [0.2, 0.25) is 0 Å². The molecule has 5 nitrogen and oxygen atoms in total. The van der Waals surface area contributed by atoms with E-state index >= 15 is 0 Å². The normalized spacial score (nSPS) is 10.9. The lowest BCUT2D eigenvalue weighted by Gasteiger charge is -2.13. The van der Waals surface area contributed by atoms with Crippen molar-refractivity contribution in [3.8, 4) is 0 Å². The van der Waals surface area contributed by atoms with Crippen LogP contribution < -0.4 is 5.32 Å². The number of hydrogen-bond acceptors (Lipinski definition) is 3. The Morgan fingerprint density at radius 2 is 1.65 bits per heavy atom. The smallest absolute Gasteiger partial charge is 0.414 e. The van der Waals surface area contributed by atoms with E-state index in [9.17, 15) is 0 Å². The first-order valence-corrected chi connectivity index (χ1v) is 5.21. The molecule has 0 radical (unpaired) electrons. The van der Waals surface area contributed by atoms with Crippen LogP contribution in [0.4, 0.5) is 0 Å². The highest BCUT2D eigenvalue weighted by Crippen LogP contribution is 2.14. The van der Waals surface area contributed by atoms with Crippen LogP contribution in [0.25, 0.3) is 0 Å². The maximum atomic E-state index is 9.10. The van der Waals surface area contributed by atoms with Crippen molar-refractivity contribution in [3.63, 3.8) is 0 Å². The SMILES string of the molecule is CCC(NC)c1ccccc1.O=C(O)C(=O)O. The minimum absolute atomic E-state index is 0.510. The minimum atomic E-state index is -1.82. The van der Waals surface area contributed by atoms with Gasteiger partial charge in [-0.1, -0.05) is 37.3 Å². The Bertz CT molecular complexity index is 335. The lowest BCUT2D eigenvalue weighted by Crippen LogP contribution is -2.14. The average Bonchev–Trinajstić information content (AvgIpc) is 2.32. The first-order valence-electron chi connectivity index (χ1n) is 5.21. The third kappa shape index (κ3) is 6.32. The van der Waals surface area contributed by atoms with Crippen LogP contribution in [0, 0.1) is 0 Å². The highest BCUT2D eigenvalue weighted by Gasteiger charge is 2.04. The molecule has 0 amide bonds. The molecule has 0 fully saturated rings. The Kier molecular flexibility index (Phi) is 7.38. The molecule has 1 atom stereocenters. The summed E-state index contributed by atoms with van der Waals surface area (Å²) in [6.07, 6.45) is 1.14. The predicted molar refractivity (Wildman–Crippen MR) is 63.8 cm³/mol. The topological polar surface area (TPSA) is 86.6 Å². The number of nitrogens with one attached hydrogen (secondary N) is 1. The average molecular weight is 239 g/mol. The van der Waals surface area contributed by atoms with Gasteiger partial charge < -0.3 is 15.5 Å². The third-order valence-corrected chi connectivity index (χ3v) is 2.14. The highest BCUT2D eigenvalue weighted by molar-refractivity contribution is 6.27. The quantitative estimate of drug-likeness (QED) is 0.696. The highest BCUT2D eigenvalue weighted by atomic mass is 16.4. The first-order chi connectivity index (χ1) is 8.02. The van der Waals surface area contributed by atoms with Gasteiger partial charge in [0.05, 0.1) is 0 Å². The standard InChI is InChI=1S/C10H15N.C2H2O4/c1-3-10(11-2)9-7-5-4-6-8-9;3-1(4)2(5)6/h4-8,10-11H,3H2,1-2H3;(H,3,4)(H,5,6). The molecule has 1 aromatic carbocycles. The molecule has 1 unspecified atom stereocenters. The molecule has 17 heavy (non-hydrogen) atoms. The van der Waals surface area contributed by atoms with E-state index < -0.39 is 11.9 Å². The van der Waals surface area contributed by atoms with Gasteiger partial charge in [0.2, 0.25) is 0 Å². The number of hydrogen-bond donors (Lipinski definition) is 3. The summed E-state index contributed by atoms with van der Waals surface area (Å²) < 4.78 is 0. The van der Waals surface area contributed by atoms with Crippen molar-refractivity contribution in [1.82, 2.24) is 5.32 Å². The summed E-state index contributed by atoms with van der Waals surface area (Å²) in [6, 6.07) is 11.0. The zero-order valence-electron chi connectivity index (χ0n) is 9.88. The van der Waals surface area contributed by atoms with Gasteiger partial charge in [-0.2, -0.15) is 0 Å². The molecule has 0 heterocycles. The summed E-state index contributed by atoms with van der Waals surface area (Å²) in [5, 5.41) is 18.1. The first kappa shape index (κ1) is 15.1.